The van der Waals surface area contributed by atoms with E-state index >= 15 is 0 Å². The van der Waals surface area contributed by atoms with Crippen LogP contribution in [0.15, 0.2) is 17.0 Å². The Morgan fingerprint density at radius 1 is 1.37 bits per heavy atom. The largest absolute Gasteiger partial charge is 0.395 e. The first-order valence-corrected chi connectivity index (χ1v) is 6.99. The number of aliphatic hydroxyl groups is 1. The summed E-state index contributed by atoms with van der Waals surface area (Å²) >= 11 is 0. The zero-order valence-electron chi connectivity index (χ0n) is 10.2. The van der Waals surface area contributed by atoms with Crippen molar-refractivity contribution in [3.63, 3.8) is 0 Å². The molecule has 0 bridgehead atoms. The molecular formula is C12H13F2NO3S. The molecule has 0 atom stereocenters. The van der Waals surface area contributed by atoms with Gasteiger partial charge in [0.2, 0.25) is 10.0 Å². The summed E-state index contributed by atoms with van der Waals surface area (Å²) in [5.41, 5.74) is -0.271. The molecule has 104 valence electrons. The van der Waals surface area contributed by atoms with Crippen LogP contribution in [0.1, 0.15) is 18.9 Å². The number of halogens is 2. The lowest BCUT2D eigenvalue weighted by Gasteiger charge is -2.08. The molecule has 0 aliphatic carbocycles. The number of hydrogen-bond acceptors (Lipinski definition) is 3. The van der Waals surface area contributed by atoms with Crippen LogP contribution in [0.4, 0.5) is 8.78 Å². The molecule has 0 aliphatic heterocycles. The summed E-state index contributed by atoms with van der Waals surface area (Å²) in [7, 11) is -4.08. The molecule has 0 unspecified atom stereocenters. The number of rotatable bonds is 4. The summed E-state index contributed by atoms with van der Waals surface area (Å²) in [6.07, 6.45) is 0.0822. The third kappa shape index (κ3) is 3.99. The standard InChI is InChI=1S/C12H13F2NO3S/c1-2-15-19(17,18)12-9(5-3-4-6-16)7-10(13)8-11(12)14/h7-8,15-16H,2,4,6H2,1H3. The Morgan fingerprint density at radius 3 is 2.63 bits per heavy atom. The van der Waals surface area contributed by atoms with Crippen LogP contribution in [-0.4, -0.2) is 26.7 Å². The molecule has 7 heteroatoms. The van der Waals surface area contributed by atoms with Crippen molar-refractivity contribution in [1.29, 1.82) is 0 Å². The highest BCUT2D eigenvalue weighted by Gasteiger charge is 2.23. The molecule has 2 N–H and O–H groups in total. The van der Waals surface area contributed by atoms with Gasteiger partial charge in [0.1, 0.15) is 16.5 Å². The van der Waals surface area contributed by atoms with Crippen molar-refractivity contribution in [3.8, 4) is 11.8 Å². The van der Waals surface area contributed by atoms with E-state index in [-0.39, 0.29) is 25.1 Å². The fourth-order valence-corrected chi connectivity index (χ4v) is 2.64. The lowest BCUT2D eigenvalue weighted by Crippen LogP contribution is -2.25. The zero-order chi connectivity index (χ0) is 14.5. The summed E-state index contributed by atoms with van der Waals surface area (Å²) in [6, 6.07) is 1.33. The van der Waals surface area contributed by atoms with E-state index in [1.54, 1.807) is 0 Å². The van der Waals surface area contributed by atoms with Gasteiger partial charge in [-0.15, -0.1) is 0 Å². The minimum atomic E-state index is -4.08. The van der Waals surface area contributed by atoms with Crippen LogP contribution in [0.3, 0.4) is 0 Å². The predicted molar refractivity (Wildman–Crippen MR) is 65.8 cm³/mol. The smallest absolute Gasteiger partial charge is 0.244 e. The predicted octanol–water partition coefficient (Wildman–Crippen LogP) is 0.997. The van der Waals surface area contributed by atoms with Gasteiger partial charge in [0.25, 0.3) is 0 Å². The molecule has 0 aromatic heterocycles. The van der Waals surface area contributed by atoms with Crippen LogP contribution >= 0.6 is 0 Å². The molecule has 4 nitrogen and oxygen atoms in total. The number of aliphatic hydroxyl groups excluding tert-OH is 1. The van der Waals surface area contributed by atoms with Crippen molar-refractivity contribution in [3.05, 3.63) is 29.3 Å². The summed E-state index contributed by atoms with van der Waals surface area (Å²) in [6.45, 7) is 1.39. The van der Waals surface area contributed by atoms with Gasteiger partial charge in [-0.2, -0.15) is 0 Å². The van der Waals surface area contributed by atoms with Crippen molar-refractivity contribution >= 4 is 10.0 Å². The fraction of sp³-hybridized carbons (Fsp3) is 0.333. The third-order valence-electron chi connectivity index (χ3n) is 2.07. The second-order valence-electron chi connectivity index (χ2n) is 3.54. The van der Waals surface area contributed by atoms with Crippen molar-refractivity contribution in [2.24, 2.45) is 0 Å². The highest BCUT2D eigenvalue weighted by molar-refractivity contribution is 7.89. The van der Waals surface area contributed by atoms with Crippen molar-refractivity contribution in [2.45, 2.75) is 18.2 Å². The SMILES string of the molecule is CCNS(=O)(=O)c1c(F)cc(F)cc1C#CCCO. The first-order chi connectivity index (χ1) is 8.92. The molecule has 0 aliphatic rings. The lowest BCUT2D eigenvalue weighted by molar-refractivity contribution is 0.305. The van der Waals surface area contributed by atoms with E-state index in [1.807, 2.05) is 0 Å². The van der Waals surface area contributed by atoms with Gasteiger partial charge < -0.3 is 5.11 Å². The molecule has 0 radical (unpaired) electrons. The van der Waals surface area contributed by atoms with Crippen LogP contribution in [0, 0.1) is 23.5 Å². The van der Waals surface area contributed by atoms with E-state index in [2.05, 4.69) is 16.6 Å². The van der Waals surface area contributed by atoms with Crippen LogP contribution in [0.5, 0.6) is 0 Å². The zero-order valence-corrected chi connectivity index (χ0v) is 11.0. The maximum absolute atomic E-state index is 13.7. The minimum absolute atomic E-state index is 0.0721. The van der Waals surface area contributed by atoms with Gasteiger partial charge in [0, 0.05) is 19.0 Å². The van der Waals surface area contributed by atoms with Gasteiger partial charge in [-0.05, 0) is 6.07 Å². The molecular weight excluding hydrogens is 276 g/mol. The van der Waals surface area contributed by atoms with E-state index < -0.39 is 26.6 Å². The molecule has 0 spiro atoms. The number of hydrogen-bond donors (Lipinski definition) is 2. The first-order valence-electron chi connectivity index (χ1n) is 5.50. The quantitative estimate of drug-likeness (QED) is 0.813. The maximum Gasteiger partial charge on any atom is 0.244 e. The van der Waals surface area contributed by atoms with E-state index in [4.69, 9.17) is 5.11 Å². The second-order valence-corrected chi connectivity index (χ2v) is 5.24. The summed E-state index contributed by atoms with van der Waals surface area (Å²) in [4.78, 5) is -0.679. The molecule has 0 saturated heterocycles. The van der Waals surface area contributed by atoms with Crippen molar-refractivity contribution in [2.75, 3.05) is 13.2 Å². The van der Waals surface area contributed by atoms with Crippen LogP contribution in [0.25, 0.3) is 0 Å². The number of sulfonamides is 1. The molecule has 0 saturated carbocycles. The van der Waals surface area contributed by atoms with Crippen LogP contribution in [0.2, 0.25) is 0 Å². The molecule has 1 aromatic carbocycles. The van der Waals surface area contributed by atoms with Crippen LogP contribution in [-0.2, 0) is 10.0 Å². The molecule has 0 amide bonds. The minimum Gasteiger partial charge on any atom is -0.395 e. The number of nitrogens with one attached hydrogen (secondary N) is 1. The second kappa shape index (κ2) is 6.61. The Bertz CT molecular complexity index is 618. The molecule has 0 fully saturated rings. The van der Waals surface area contributed by atoms with Crippen molar-refractivity contribution in [1.82, 2.24) is 4.72 Å². The van der Waals surface area contributed by atoms with Gasteiger partial charge in [-0.3, -0.25) is 0 Å². The van der Waals surface area contributed by atoms with E-state index in [0.29, 0.717) is 6.07 Å². The van der Waals surface area contributed by atoms with E-state index in [0.717, 1.165) is 6.07 Å². The highest BCUT2D eigenvalue weighted by atomic mass is 32.2. The molecule has 0 heterocycles. The third-order valence-corrected chi connectivity index (χ3v) is 3.69. The Kier molecular flexibility index (Phi) is 5.42. The Balaban J connectivity index is 3.42. The van der Waals surface area contributed by atoms with Crippen LogP contribution < -0.4 is 4.72 Å². The summed E-state index contributed by atoms with van der Waals surface area (Å²) in [5, 5.41) is 8.59. The normalized spacial score (nSPS) is 10.9. The molecule has 1 aromatic rings. The highest BCUT2D eigenvalue weighted by Crippen LogP contribution is 2.20. The maximum atomic E-state index is 13.7. The first kappa shape index (κ1) is 15.6. The molecule has 1 rings (SSSR count). The van der Waals surface area contributed by atoms with E-state index in [1.165, 1.54) is 6.92 Å². The molecule has 19 heavy (non-hydrogen) atoms. The summed E-state index contributed by atoms with van der Waals surface area (Å²) in [5.74, 6) is 2.67. The lowest BCUT2D eigenvalue weighted by atomic mass is 10.2. The van der Waals surface area contributed by atoms with E-state index in [9.17, 15) is 17.2 Å². The fourth-order valence-electron chi connectivity index (χ4n) is 1.40. The van der Waals surface area contributed by atoms with Gasteiger partial charge in [0.05, 0.1) is 12.2 Å². The average Bonchev–Trinajstić information content (AvgIpc) is 2.27. The van der Waals surface area contributed by atoms with Gasteiger partial charge in [0.15, 0.2) is 0 Å². The van der Waals surface area contributed by atoms with Crippen molar-refractivity contribution < 1.29 is 22.3 Å². The average molecular weight is 289 g/mol. The Hall–Kier alpha value is -1.49. The van der Waals surface area contributed by atoms with Gasteiger partial charge in [-0.25, -0.2) is 21.9 Å². The van der Waals surface area contributed by atoms with Gasteiger partial charge in [-0.1, -0.05) is 18.8 Å². The topological polar surface area (TPSA) is 66.4 Å². The number of benzene rings is 1. The van der Waals surface area contributed by atoms with Gasteiger partial charge >= 0.3 is 0 Å². The monoisotopic (exact) mass is 289 g/mol. The Morgan fingerprint density at radius 2 is 2.05 bits per heavy atom. The Labute approximate surface area is 110 Å². The summed E-state index contributed by atoms with van der Waals surface area (Å²) < 4.78 is 52.6.